The molecule has 0 bridgehead atoms. The molecule has 146 valence electrons. The molecule has 3 aromatic rings. The van der Waals surface area contributed by atoms with Crippen LogP contribution in [0.2, 0.25) is 0 Å². The van der Waals surface area contributed by atoms with Crippen LogP contribution in [0.1, 0.15) is 5.69 Å². The summed E-state index contributed by atoms with van der Waals surface area (Å²) in [6.07, 6.45) is 0. The molecule has 1 aliphatic heterocycles. The van der Waals surface area contributed by atoms with Crippen LogP contribution in [0, 0.1) is 6.92 Å². The van der Waals surface area contributed by atoms with Crippen LogP contribution in [0.25, 0.3) is 11.0 Å². The van der Waals surface area contributed by atoms with Gasteiger partial charge in [0.15, 0.2) is 0 Å². The molecule has 0 unspecified atom stereocenters. The zero-order chi connectivity index (χ0) is 19.5. The Bertz CT molecular complexity index is 1020. The molecule has 1 aliphatic rings. The smallest absolute Gasteiger partial charge is 0.272 e. The second-order valence-corrected chi connectivity index (χ2v) is 7.14. The van der Waals surface area contributed by atoms with E-state index in [-0.39, 0.29) is 5.56 Å². The van der Waals surface area contributed by atoms with Crippen molar-refractivity contribution < 1.29 is 4.74 Å². The Kier molecular flexibility index (Phi) is 5.30. The van der Waals surface area contributed by atoms with Crippen LogP contribution in [-0.4, -0.2) is 54.3 Å². The molecule has 2 heterocycles. The molecule has 1 saturated heterocycles. The van der Waals surface area contributed by atoms with Gasteiger partial charge in [-0.05, 0) is 31.2 Å². The van der Waals surface area contributed by atoms with Gasteiger partial charge in [-0.25, -0.2) is 4.98 Å². The van der Waals surface area contributed by atoms with Gasteiger partial charge in [-0.15, -0.1) is 0 Å². The van der Waals surface area contributed by atoms with Gasteiger partial charge in [0.2, 0.25) is 0 Å². The minimum atomic E-state index is 0.00589. The van der Waals surface area contributed by atoms with E-state index in [1.807, 2.05) is 47.0 Å². The number of para-hydroxylation sites is 4. The third-order valence-corrected chi connectivity index (χ3v) is 5.45. The Labute approximate surface area is 165 Å². The number of piperazine rings is 1. The first-order valence-electron chi connectivity index (χ1n) is 9.74. The van der Waals surface area contributed by atoms with Crippen LogP contribution in [0.3, 0.4) is 0 Å². The van der Waals surface area contributed by atoms with Crippen LogP contribution < -0.4 is 15.2 Å². The molecule has 0 N–H and O–H groups in total. The van der Waals surface area contributed by atoms with Gasteiger partial charge < -0.3 is 14.2 Å². The summed E-state index contributed by atoms with van der Waals surface area (Å²) in [6.45, 7) is 7.15. The van der Waals surface area contributed by atoms with Crippen molar-refractivity contribution in [2.75, 3.05) is 44.7 Å². The second kappa shape index (κ2) is 8.02. The number of hydrogen-bond donors (Lipinski definition) is 0. The van der Waals surface area contributed by atoms with E-state index in [0.29, 0.717) is 12.2 Å². The number of aromatic nitrogens is 2. The fraction of sp³-hybridized carbons (Fsp3) is 0.364. The fourth-order valence-electron chi connectivity index (χ4n) is 3.89. The number of anilines is 1. The lowest BCUT2D eigenvalue weighted by atomic mass is 10.2. The monoisotopic (exact) mass is 378 g/mol. The van der Waals surface area contributed by atoms with Crippen molar-refractivity contribution in [1.29, 1.82) is 0 Å². The van der Waals surface area contributed by atoms with E-state index in [1.165, 1.54) is 0 Å². The summed E-state index contributed by atoms with van der Waals surface area (Å²) < 4.78 is 7.36. The third kappa shape index (κ3) is 3.60. The maximum Gasteiger partial charge on any atom is 0.272 e. The predicted octanol–water partition coefficient (Wildman–Crippen LogP) is 2.54. The molecule has 28 heavy (non-hydrogen) atoms. The highest BCUT2D eigenvalue weighted by Crippen LogP contribution is 2.28. The zero-order valence-electron chi connectivity index (χ0n) is 16.5. The topological polar surface area (TPSA) is 50.6 Å². The molecule has 4 rings (SSSR count). The molecule has 0 aliphatic carbocycles. The van der Waals surface area contributed by atoms with Crippen LogP contribution in [-0.2, 0) is 6.54 Å². The summed E-state index contributed by atoms with van der Waals surface area (Å²) in [5.74, 6) is 0.918. The normalized spacial score (nSPS) is 15.1. The average Bonchev–Trinajstić information content (AvgIpc) is 2.74. The Hall–Kier alpha value is -2.86. The predicted molar refractivity (Wildman–Crippen MR) is 112 cm³/mol. The van der Waals surface area contributed by atoms with E-state index < -0.39 is 0 Å². The number of aryl methyl sites for hydroxylation is 1. The largest absolute Gasteiger partial charge is 0.495 e. The first-order valence-corrected chi connectivity index (χ1v) is 9.74. The summed E-state index contributed by atoms with van der Waals surface area (Å²) >= 11 is 0. The van der Waals surface area contributed by atoms with Gasteiger partial charge in [0, 0.05) is 39.3 Å². The number of rotatable bonds is 5. The first-order chi connectivity index (χ1) is 13.7. The molecule has 2 aromatic carbocycles. The third-order valence-electron chi connectivity index (χ3n) is 5.45. The Morgan fingerprint density at radius 3 is 2.46 bits per heavy atom. The minimum absolute atomic E-state index is 0.00589. The number of hydrogen-bond acceptors (Lipinski definition) is 5. The molecular formula is C22H26N4O2. The van der Waals surface area contributed by atoms with Gasteiger partial charge in [-0.2, -0.15) is 0 Å². The fourth-order valence-corrected chi connectivity index (χ4v) is 3.89. The molecule has 1 aromatic heterocycles. The lowest BCUT2D eigenvalue weighted by Crippen LogP contribution is -2.47. The molecule has 0 saturated carbocycles. The lowest BCUT2D eigenvalue weighted by molar-refractivity contribution is 0.247. The second-order valence-electron chi connectivity index (χ2n) is 7.14. The van der Waals surface area contributed by atoms with E-state index in [0.717, 1.165) is 55.2 Å². The van der Waals surface area contributed by atoms with Crippen LogP contribution >= 0.6 is 0 Å². The summed E-state index contributed by atoms with van der Waals surface area (Å²) in [6, 6.07) is 16.0. The minimum Gasteiger partial charge on any atom is -0.495 e. The van der Waals surface area contributed by atoms with Crippen molar-refractivity contribution in [3.05, 3.63) is 64.6 Å². The molecule has 0 radical (unpaired) electrons. The zero-order valence-corrected chi connectivity index (χ0v) is 16.5. The van der Waals surface area contributed by atoms with Crippen molar-refractivity contribution in [1.82, 2.24) is 14.5 Å². The van der Waals surface area contributed by atoms with Crippen molar-refractivity contribution in [3.8, 4) is 5.75 Å². The molecule has 6 nitrogen and oxygen atoms in total. The van der Waals surface area contributed by atoms with Gasteiger partial charge in [0.1, 0.15) is 11.4 Å². The van der Waals surface area contributed by atoms with E-state index in [2.05, 4.69) is 20.9 Å². The van der Waals surface area contributed by atoms with Crippen molar-refractivity contribution >= 4 is 16.7 Å². The molecular weight excluding hydrogens is 352 g/mol. The standard InChI is InChI=1S/C22H26N4O2/c1-17-22(27)26(19-8-4-3-7-18(19)23-17)16-13-24-11-14-25(15-12-24)20-9-5-6-10-21(20)28-2/h3-10H,11-16H2,1-2H3. The number of nitrogens with zero attached hydrogens (tertiary/aromatic N) is 4. The Morgan fingerprint density at radius 1 is 0.964 bits per heavy atom. The van der Waals surface area contributed by atoms with Crippen LogP contribution in [0.5, 0.6) is 5.75 Å². The van der Waals surface area contributed by atoms with E-state index in [1.54, 1.807) is 14.0 Å². The summed E-state index contributed by atoms with van der Waals surface area (Å²) in [4.78, 5) is 21.8. The number of benzene rings is 2. The van der Waals surface area contributed by atoms with Crippen molar-refractivity contribution in [2.45, 2.75) is 13.5 Å². The summed E-state index contributed by atoms with van der Waals surface area (Å²) in [5, 5.41) is 0. The maximum absolute atomic E-state index is 12.6. The average molecular weight is 378 g/mol. The van der Waals surface area contributed by atoms with Crippen molar-refractivity contribution in [3.63, 3.8) is 0 Å². The van der Waals surface area contributed by atoms with E-state index in [4.69, 9.17) is 4.74 Å². The van der Waals surface area contributed by atoms with Gasteiger partial charge in [-0.1, -0.05) is 24.3 Å². The van der Waals surface area contributed by atoms with Crippen LogP contribution in [0.15, 0.2) is 53.3 Å². The maximum atomic E-state index is 12.6. The molecule has 0 atom stereocenters. The van der Waals surface area contributed by atoms with Gasteiger partial charge in [0.25, 0.3) is 5.56 Å². The molecule has 6 heteroatoms. The number of fused-ring (bicyclic) bond motifs is 1. The Balaban J connectivity index is 1.43. The molecule has 0 spiro atoms. The highest BCUT2D eigenvalue weighted by molar-refractivity contribution is 5.74. The highest BCUT2D eigenvalue weighted by Gasteiger charge is 2.19. The van der Waals surface area contributed by atoms with Gasteiger partial charge in [-0.3, -0.25) is 9.69 Å². The number of methoxy groups -OCH3 is 1. The van der Waals surface area contributed by atoms with Gasteiger partial charge in [0.05, 0.1) is 23.8 Å². The molecule has 0 amide bonds. The SMILES string of the molecule is COc1ccccc1N1CCN(CCn2c(=O)c(C)nc3ccccc32)CC1. The highest BCUT2D eigenvalue weighted by atomic mass is 16.5. The quantitative estimate of drug-likeness (QED) is 0.683. The van der Waals surface area contributed by atoms with Crippen molar-refractivity contribution in [2.24, 2.45) is 0 Å². The first kappa shape index (κ1) is 18.5. The lowest BCUT2D eigenvalue weighted by Gasteiger charge is -2.36. The van der Waals surface area contributed by atoms with E-state index >= 15 is 0 Å². The summed E-state index contributed by atoms with van der Waals surface area (Å²) in [5.41, 5.74) is 3.49. The van der Waals surface area contributed by atoms with Crippen LogP contribution in [0.4, 0.5) is 5.69 Å². The van der Waals surface area contributed by atoms with E-state index in [9.17, 15) is 4.79 Å². The number of ether oxygens (including phenoxy) is 1. The Morgan fingerprint density at radius 2 is 1.68 bits per heavy atom. The summed E-state index contributed by atoms with van der Waals surface area (Å²) in [7, 11) is 1.72. The molecule has 1 fully saturated rings. The van der Waals surface area contributed by atoms with Gasteiger partial charge >= 0.3 is 0 Å².